The molecule has 1 saturated carbocycles. The smallest absolute Gasteiger partial charge is 0.306 e. The summed E-state index contributed by atoms with van der Waals surface area (Å²) < 4.78 is 6.15. The fourth-order valence-electron chi connectivity index (χ4n) is 2.42. The molecule has 98 valence electrons. The van der Waals surface area contributed by atoms with Crippen LogP contribution in [-0.4, -0.2) is 28.9 Å². The highest BCUT2D eigenvalue weighted by atomic mass is 79.9. The summed E-state index contributed by atoms with van der Waals surface area (Å²) >= 11 is 3.38. The van der Waals surface area contributed by atoms with E-state index in [1.54, 1.807) is 7.11 Å². The van der Waals surface area contributed by atoms with Crippen molar-refractivity contribution in [1.82, 2.24) is 0 Å². The van der Waals surface area contributed by atoms with Gasteiger partial charge in [-0.25, -0.2) is 0 Å². The number of carbonyl (C=O) groups is 1. The summed E-state index contributed by atoms with van der Waals surface area (Å²) in [5.74, 6) is -0.542. The van der Waals surface area contributed by atoms with E-state index in [0.717, 1.165) is 10.0 Å². The van der Waals surface area contributed by atoms with Crippen LogP contribution in [0.2, 0.25) is 0 Å². The van der Waals surface area contributed by atoms with Crippen molar-refractivity contribution in [2.45, 2.75) is 24.9 Å². The van der Waals surface area contributed by atoms with Crippen molar-refractivity contribution in [1.29, 1.82) is 0 Å². The molecule has 5 heteroatoms. The highest BCUT2D eigenvalue weighted by Gasteiger charge is 2.46. The normalized spacial score (nSPS) is 26.5. The van der Waals surface area contributed by atoms with E-state index in [1.165, 1.54) is 0 Å². The Morgan fingerprint density at radius 3 is 2.78 bits per heavy atom. The molecule has 0 amide bonds. The van der Waals surface area contributed by atoms with Crippen LogP contribution in [0.5, 0.6) is 5.75 Å². The number of aliphatic hydroxyl groups is 1. The molecule has 2 rings (SSSR count). The van der Waals surface area contributed by atoms with Crippen LogP contribution in [0, 0.1) is 5.92 Å². The number of methoxy groups -OCH3 is 1. The van der Waals surface area contributed by atoms with Gasteiger partial charge in [0.05, 0.1) is 18.6 Å². The van der Waals surface area contributed by atoms with Gasteiger partial charge in [-0.15, -0.1) is 0 Å². The first-order chi connectivity index (χ1) is 8.43. The molecule has 0 saturated heterocycles. The minimum atomic E-state index is -0.920. The van der Waals surface area contributed by atoms with Crippen molar-refractivity contribution in [3.05, 3.63) is 28.2 Å². The van der Waals surface area contributed by atoms with Crippen LogP contribution in [0.25, 0.3) is 0 Å². The Bertz CT molecular complexity index is 466. The number of aliphatic carboxylic acids is 1. The maximum Gasteiger partial charge on any atom is 0.306 e. The van der Waals surface area contributed by atoms with Crippen molar-refractivity contribution in [3.63, 3.8) is 0 Å². The van der Waals surface area contributed by atoms with Gasteiger partial charge in [0.2, 0.25) is 0 Å². The summed E-state index contributed by atoms with van der Waals surface area (Å²) in [6, 6.07) is 5.59. The van der Waals surface area contributed by atoms with E-state index in [1.807, 2.05) is 18.2 Å². The van der Waals surface area contributed by atoms with Crippen LogP contribution in [0.15, 0.2) is 22.7 Å². The van der Waals surface area contributed by atoms with Crippen molar-refractivity contribution >= 4 is 21.9 Å². The summed E-state index contributed by atoms with van der Waals surface area (Å²) in [6.07, 6.45) is 1.02. The second-order valence-electron chi connectivity index (χ2n) is 4.80. The Labute approximate surface area is 114 Å². The van der Waals surface area contributed by atoms with E-state index in [9.17, 15) is 9.90 Å². The molecule has 0 aliphatic heterocycles. The number of carboxylic acids is 1. The third kappa shape index (κ3) is 2.67. The number of ether oxygens (including phenoxy) is 1. The maximum absolute atomic E-state index is 10.8. The molecule has 1 fully saturated rings. The van der Waals surface area contributed by atoms with Crippen molar-refractivity contribution in [3.8, 4) is 5.75 Å². The average molecular weight is 315 g/mol. The standard InChI is InChI=1S/C13H15BrO4/c1-18-11-3-2-10(14)4-8(11)5-13(17)6-9(7-13)12(15)16/h2-4,9,17H,5-7H2,1H3,(H,15,16). The number of carboxylic acid groups (broad SMARTS) is 1. The molecule has 0 radical (unpaired) electrons. The van der Waals surface area contributed by atoms with Crippen molar-refractivity contribution in [2.24, 2.45) is 5.92 Å². The Balaban J connectivity index is 2.10. The zero-order chi connectivity index (χ0) is 13.3. The number of hydrogen-bond donors (Lipinski definition) is 2. The molecule has 0 atom stereocenters. The molecule has 0 heterocycles. The average Bonchev–Trinajstić information content (AvgIpc) is 2.25. The molecule has 18 heavy (non-hydrogen) atoms. The van der Waals surface area contributed by atoms with Crippen molar-refractivity contribution < 1.29 is 19.7 Å². The monoisotopic (exact) mass is 314 g/mol. The van der Waals surface area contributed by atoms with E-state index in [4.69, 9.17) is 9.84 Å². The lowest BCUT2D eigenvalue weighted by molar-refractivity contribution is -0.158. The molecule has 1 aromatic rings. The molecular weight excluding hydrogens is 300 g/mol. The molecular formula is C13H15BrO4. The van der Waals surface area contributed by atoms with Gasteiger partial charge < -0.3 is 14.9 Å². The lowest BCUT2D eigenvalue weighted by Crippen LogP contribution is -2.48. The maximum atomic E-state index is 10.8. The molecule has 1 aromatic carbocycles. The van der Waals surface area contributed by atoms with Gasteiger partial charge in [-0.1, -0.05) is 15.9 Å². The van der Waals surface area contributed by atoms with E-state index in [-0.39, 0.29) is 0 Å². The first kappa shape index (κ1) is 13.4. The van der Waals surface area contributed by atoms with Crippen LogP contribution in [0.1, 0.15) is 18.4 Å². The fourth-order valence-corrected chi connectivity index (χ4v) is 2.82. The molecule has 0 aromatic heterocycles. The molecule has 1 aliphatic rings. The highest BCUT2D eigenvalue weighted by molar-refractivity contribution is 9.10. The topological polar surface area (TPSA) is 66.8 Å². The van der Waals surface area contributed by atoms with Crippen LogP contribution >= 0.6 is 15.9 Å². The fraction of sp³-hybridized carbons (Fsp3) is 0.462. The van der Waals surface area contributed by atoms with Crippen LogP contribution in [-0.2, 0) is 11.2 Å². The number of rotatable bonds is 4. The SMILES string of the molecule is COc1ccc(Br)cc1CC1(O)CC(C(=O)O)C1. The summed E-state index contributed by atoms with van der Waals surface area (Å²) in [6.45, 7) is 0. The Morgan fingerprint density at radius 2 is 2.22 bits per heavy atom. The van der Waals surface area contributed by atoms with Gasteiger partial charge in [0.25, 0.3) is 0 Å². The predicted octanol–water partition coefficient (Wildman–Crippen LogP) is 2.23. The van der Waals surface area contributed by atoms with Crippen LogP contribution in [0.3, 0.4) is 0 Å². The van der Waals surface area contributed by atoms with Gasteiger partial charge in [-0.3, -0.25) is 4.79 Å². The van der Waals surface area contributed by atoms with E-state index < -0.39 is 17.5 Å². The summed E-state index contributed by atoms with van der Waals surface area (Å²) in [5.41, 5.74) is -0.0323. The Morgan fingerprint density at radius 1 is 1.56 bits per heavy atom. The second-order valence-corrected chi connectivity index (χ2v) is 5.72. The third-order valence-corrected chi connectivity index (χ3v) is 3.86. The minimum Gasteiger partial charge on any atom is -0.496 e. The van der Waals surface area contributed by atoms with Gasteiger partial charge >= 0.3 is 5.97 Å². The number of benzene rings is 1. The van der Waals surface area contributed by atoms with Crippen LogP contribution < -0.4 is 4.74 Å². The van der Waals surface area contributed by atoms with Gasteiger partial charge in [0.15, 0.2) is 0 Å². The first-order valence-electron chi connectivity index (χ1n) is 5.71. The van der Waals surface area contributed by atoms with E-state index in [0.29, 0.717) is 25.0 Å². The van der Waals surface area contributed by atoms with E-state index >= 15 is 0 Å². The Kier molecular flexibility index (Phi) is 3.64. The second kappa shape index (κ2) is 4.90. The largest absolute Gasteiger partial charge is 0.496 e. The minimum absolute atomic E-state index is 0.304. The third-order valence-electron chi connectivity index (χ3n) is 3.36. The first-order valence-corrected chi connectivity index (χ1v) is 6.50. The van der Waals surface area contributed by atoms with Crippen LogP contribution in [0.4, 0.5) is 0 Å². The zero-order valence-corrected chi connectivity index (χ0v) is 11.6. The zero-order valence-electron chi connectivity index (χ0n) is 10.0. The van der Waals surface area contributed by atoms with Crippen molar-refractivity contribution in [2.75, 3.05) is 7.11 Å². The number of hydrogen-bond acceptors (Lipinski definition) is 3. The highest BCUT2D eigenvalue weighted by Crippen LogP contribution is 2.42. The molecule has 0 spiro atoms. The molecule has 2 N–H and O–H groups in total. The summed E-state index contributed by atoms with van der Waals surface area (Å²) in [4.78, 5) is 10.8. The van der Waals surface area contributed by atoms with E-state index in [2.05, 4.69) is 15.9 Å². The predicted molar refractivity (Wildman–Crippen MR) is 69.7 cm³/mol. The quantitative estimate of drug-likeness (QED) is 0.894. The molecule has 4 nitrogen and oxygen atoms in total. The number of halogens is 1. The molecule has 0 bridgehead atoms. The molecule has 0 unspecified atom stereocenters. The summed E-state index contributed by atoms with van der Waals surface area (Å²) in [7, 11) is 1.58. The summed E-state index contributed by atoms with van der Waals surface area (Å²) in [5, 5.41) is 19.1. The lowest BCUT2D eigenvalue weighted by Gasteiger charge is -2.41. The van der Waals surface area contributed by atoms with Gasteiger partial charge in [-0.05, 0) is 36.6 Å². The van der Waals surface area contributed by atoms with Gasteiger partial charge in [0.1, 0.15) is 5.75 Å². The Hall–Kier alpha value is -1.07. The molecule has 1 aliphatic carbocycles. The van der Waals surface area contributed by atoms with Gasteiger partial charge in [0, 0.05) is 10.9 Å². The van der Waals surface area contributed by atoms with Gasteiger partial charge in [-0.2, -0.15) is 0 Å². The lowest BCUT2D eigenvalue weighted by atomic mass is 9.68.